The molecule has 1 aliphatic rings. The number of carbonyl (C=O) groups excluding carboxylic acids is 2. The van der Waals surface area contributed by atoms with Gasteiger partial charge in [0.25, 0.3) is 0 Å². The molecular formula is C19H18F2N2O3S. The molecule has 0 aromatic heterocycles. The van der Waals surface area contributed by atoms with Crippen LogP contribution in [0.1, 0.15) is 12.0 Å². The lowest BCUT2D eigenvalue weighted by Crippen LogP contribution is -2.35. The minimum atomic E-state index is -2.85. The lowest BCUT2D eigenvalue weighted by atomic mass is 10.1. The highest BCUT2D eigenvalue weighted by atomic mass is 32.2. The van der Waals surface area contributed by atoms with Gasteiger partial charge in [-0.1, -0.05) is 24.3 Å². The first-order chi connectivity index (χ1) is 13.0. The second-order valence-corrected chi connectivity index (χ2v) is 7.16. The quantitative estimate of drug-likeness (QED) is 0.757. The third-order valence-electron chi connectivity index (χ3n) is 3.96. The van der Waals surface area contributed by atoms with Crippen LogP contribution in [-0.2, 0) is 16.0 Å². The molecule has 2 aromatic carbocycles. The van der Waals surface area contributed by atoms with Gasteiger partial charge >= 0.3 is 6.61 Å². The highest BCUT2D eigenvalue weighted by molar-refractivity contribution is 8.01. The summed E-state index contributed by atoms with van der Waals surface area (Å²) in [5.41, 5.74) is 1.65. The molecule has 2 amide bonds. The van der Waals surface area contributed by atoms with Crippen molar-refractivity contribution in [2.45, 2.75) is 29.6 Å². The van der Waals surface area contributed by atoms with Crippen LogP contribution < -0.4 is 15.4 Å². The summed E-state index contributed by atoms with van der Waals surface area (Å²) in [7, 11) is 0. The predicted octanol–water partition coefficient (Wildman–Crippen LogP) is 3.45. The van der Waals surface area contributed by atoms with Crippen LogP contribution in [0.25, 0.3) is 0 Å². The first-order valence-corrected chi connectivity index (χ1v) is 9.26. The van der Waals surface area contributed by atoms with E-state index >= 15 is 0 Å². The average Bonchev–Trinajstić information content (AvgIpc) is 2.63. The molecule has 1 atom stereocenters. The molecular weight excluding hydrogens is 374 g/mol. The third-order valence-corrected chi connectivity index (χ3v) is 5.24. The van der Waals surface area contributed by atoms with Crippen molar-refractivity contribution in [3.63, 3.8) is 0 Å². The monoisotopic (exact) mass is 392 g/mol. The Morgan fingerprint density at radius 3 is 2.67 bits per heavy atom. The molecule has 0 fully saturated rings. The fraction of sp³-hybridized carbons (Fsp3) is 0.263. The molecule has 0 aliphatic carbocycles. The van der Waals surface area contributed by atoms with E-state index in [0.717, 1.165) is 16.1 Å². The number of para-hydroxylation sites is 1. The Hall–Kier alpha value is -2.61. The molecule has 1 heterocycles. The van der Waals surface area contributed by atoms with Gasteiger partial charge in [-0.15, -0.1) is 11.8 Å². The van der Waals surface area contributed by atoms with E-state index in [2.05, 4.69) is 15.4 Å². The van der Waals surface area contributed by atoms with Crippen molar-refractivity contribution >= 4 is 29.3 Å². The minimum absolute atomic E-state index is 0.0893. The van der Waals surface area contributed by atoms with Crippen molar-refractivity contribution in [1.29, 1.82) is 0 Å². The van der Waals surface area contributed by atoms with Crippen molar-refractivity contribution in [2.24, 2.45) is 0 Å². The molecule has 2 aromatic rings. The number of ether oxygens (including phenoxy) is 1. The predicted molar refractivity (Wildman–Crippen MR) is 99.1 cm³/mol. The van der Waals surface area contributed by atoms with Gasteiger partial charge in [-0.25, -0.2) is 0 Å². The highest BCUT2D eigenvalue weighted by Crippen LogP contribution is 2.36. The van der Waals surface area contributed by atoms with Crippen molar-refractivity contribution in [1.82, 2.24) is 5.32 Å². The number of halogens is 2. The summed E-state index contributed by atoms with van der Waals surface area (Å²) in [6, 6.07) is 13.7. The number of amides is 2. The summed E-state index contributed by atoms with van der Waals surface area (Å²) in [4.78, 5) is 25.2. The Balaban J connectivity index is 1.44. The van der Waals surface area contributed by atoms with Crippen LogP contribution in [0.5, 0.6) is 5.75 Å². The van der Waals surface area contributed by atoms with E-state index in [1.165, 1.54) is 23.9 Å². The second kappa shape index (κ2) is 8.85. The normalized spacial score (nSPS) is 15.8. The van der Waals surface area contributed by atoms with E-state index in [4.69, 9.17) is 0 Å². The fourth-order valence-electron chi connectivity index (χ4n) is 2.65. The van der Waals surface area contributed by atoms with Gasteiger partial charge in [0.2, 0.25) is 11.8 Å². The first kappa shape index (κ1) is 19.2. The largest absolute Gasteiger partial charge is 0.435 e. The number of alkyl halides is 2. The van der Waals surface area contributed by atoms with E-state index < -0.39 is 11.9 Å². The summed E-state index contributed by atoms with van der Waals surface area (Å²) in [5, 5.41) is 5.13. The summed E-state index contributed by atoms with van der Waals surface area (Å²) in [6.07, 6.45) is 0.638. The lowest BCUT2D eigenvalue weighted by Gasteiger charge is -2.23. The molecule has 8 heteroatoms. The molecule has 5 nitrogen and oxygen atoms in total. The summed E-state index contributed by atoms with van der Waals surface area (Å²) >= 11 is 1.38. The maximum absolute atomic E-state index is 12.1. The number of hydrogen-bond donors (Lipinski definition) is 2. The Bertz CT molecular complexity index is 815. The van der Waals surface area contributed by atoms with Crippen molar-refractivity contribution in [3.8, 4) is 5.75 Å². The van der Waals surface area contributed by atoms with Crippen LogP contribution in [0.15, 0.2) is 53.4 Å². The minimum Gasteiger partial charge on any atom is -0.435 e. The summed E-state index contributed by atoms with van der Waals surface area (Å²) in [5.74, 6) is -0.290. The standard InChI is InChI=1S/C19H18F2N2O3S/c20-19(21)26-13-7-5-12(6-8-13)9-10-22-17(24)11-16-18(25)23-14-3-1-2-4-15(14)27-16/h1-8,16,19H,9-11H2,(H,22,24)(H,23,25). The van der Waals surface area contributed by atoms with Gasteiger partial charge in [-0.3, -0.25) is 9.59 Å². The van der Waals surface area contributed by atoms with Crippen LogP contribution >= 0.6 is 11.8 Å². The van der Waals surface area contributed by atoms with Gasteiger partial charge in [0.1, 0.15) is 5.75 Å². The molecule has 27 heavy (non-hydrogen) atoms. The number of fused-ring (bicyclic) bond motifs is 1. The van der Waals surface area contributed by atoms with Crippen LogP contribution in [0.3, 0.4) is 0 Å². The molecule has 1 unspecified atom stereocenters. The number of rotatable bonds is 7. The second-order valence-electron chi connectivity index (χ2n) is 5.92. The fourth-order valence-corrected chi connectivity index (χ4v) is 3.76. The molecule has 142 valence electrons. The van der Waals surface area contributed by atoms with Crippen LogP contribution in [0.2, 0.25) is 0 Å². The molecule has 1 aliphatic heterocycles. The van der Waals surface area contributed by atoms with Gasteiger partial charge in [0.05, 0.1) is 10.9 Å². The zero-order chi connectivity index (χ0) is 19.2. The summed E-state index contributed by atoms with van der Waals surface area (Å²) in [6.45, 7) is -2.46. The zero-order valence-corrected chi connectivity index (χ0v) is 15.1. The number of hydrogen-bond acceptors (Lipinski definition) is 4. The number of carbonyl (C=O) groups is 2. The van der Waals surface area contributed by atoms with E-state index in [1.807, 2.05) is 24.3 Å². The van der Waals surface area contributed by atoms with Gasteiger partial charge in [0, 0.05) is 17.9 Å². The van der Waals surface area contributed by atoms with Gasteiger partial charge in [-0.2, -0.15) is 8.78 Å². The van der Waals surface area contributed by atoms with Crippen molar-refractivity contribution in [3.05, 3.63) is 54.1 Å². The highest BCUT2D eigenvalue weighted by Gasteiger charge is 2.28. The molecule has 0 saturated heterocycles. The molecule has 3 rings (SSSR count). The maximum Gasteiger partial charge on any atom is 0.387 e. The molecule has 0 spiro atoms. The molecule has 0 bridgehead atoms. The lowest BCUT2D eigenvalue weighted by molar-refractivity contribution is -0.124. The SMILES string of the molecule is O=C(CC1Sc2ccccc2NC1=O)NCCc1ccc(OC(F)F)cc1. The third kappa shape index (κ3) is 5.43. The van der Waals surface area contributed by atoms with Gasteiger partial charge in [0.15, 0.2) is 0 Å². The Morgan fingerprint density at radius 2 is 1.93 bits per heavy atom. The van der Waals surface area contributed by atoms with Crippen LogP contribution in [0, 0.1) is 0 Å². The summed E-state index contributed by atoms with van der Waals surface area (Å²) < 4.78 is 28.5. The smallest absolute Gasteiger partial charge is 0.387 e. The number of anilines is 1. The molecule has 0 saturated carbocycles. The number of nitrogens with one attached hydrogen (secondary N) is 2. The molecule has 0 radical (unpaired) electrons. The van der Waals surface area contributed by atoms with Crippen LogP contribution in [0.4, 0.5) is 14.5 Å². The van der Waals surface area contributed by atoms with E-state index in [0.29, 0.717) is 13.0 Å². The Kier molecular flexibility index (Phi) is 6.28. The van der Waals surface area contributed by atoms with Gasteiger partial charge in [-0.05, 0) is 36.2 Å². The first-order valence-electron chi connectivity index (χ1n) is 8.38. The van der Waals surface area contributed by atoms with Crippen molar-refractivity contribution < 1.29 is 23.1 Å². The van der Waals surface area contributed by atoms with E-state index in [-0.39, 0.29) is 24.0 Å². The van der Waals surface area contributed by atoms with Crippen molar-refractivity contribution in [2.75, 3.05) is 11.9 Å². The molecule has 2 N–H and O–H groups in total. The maximum atomic E-state index is 12.1. The van der Waals surface area contributed by atoms with Crippen LogP contribution in [-0.4, -0.2) is 30.2 Å². The Labute approximate surface area is 159 Å². The number of benzene rings is 2. The number of thioether (sulfide) groups is 1. The van der Waals surface area contributed by atoms with E-state index in [1.54, 1.807) is 12.1 Å². The Morgan fingerprint density at radius 1 is 1.19 bits per heavy atom. The van der Waals surface area contributed by atoms with Gasteiger partial charge < -0.3 is 15.4 Å². The van der Waals surface area contributed by atoms with E-state index in [9.17, 15) is 18.4 Å². The zero-order valence-electron chi connectivity index (χ0n) is 14.3. The topological polar surface area (TPSA) is 67.4 Å². The average molecular weight is 392 g/mol.